The number of carboxylic acids is 1. The fraction of sp³-hybridized carbons (Fsp3) is 0.250. The van der Waals surface area contributed by atoms with E-state index in [4.69, 9.17) is 5.11 Å². The Balaban J connectivity index is 1.38. The second kappa shape index (κ2) is 13.7. The molecule has 0 bridgehead atoms. The highest BCUT2D eigenvalue weighted by molar-refractivity contribution is 7.18. The number of nitrogens with one attached hydrogen (secondary N) is 1. The number of rotatable bonds is 11. The van der Waals surface area contributed by atoms with Gasteiger partial charge < -0.3 is 20.1 Å². The van der Waals surface area contributed by atoms with Crippen LogP contribution in [0.5, 0.6) is 5.75 Å². The molecule has 0 radical (unpaired) electrons. The summed E-state index contributed by atoms with van der Waals surface area (Å²) < 4.78 is 41.7. The van der Waals surface area contributed by atoms with E-state index in [1.54, 1.807) is 12.1 Å². The monoisotopic (exact) mass is 622 g/mol. The summed E-state index contributed by atoms with van der Waals surface area (Å²) in [6, 6.07) is 20.7. The van der Waals surface area contributed by atoms with Crippen molar-refractivity contribution in [1.29, 1.82) is 0 Å². The lowest BCUT2D eigenvalue weighted by Gasteiger charge is -2.22. The number of nitrogens with zero attached hydrogens (tertiary/aromatic N) is 3. The number of carboxylic acid groups (broad SMARTS) is 1. The van der Waals surface area contributed by atoms with Gasteiger partial charge in [0.1, 0.15) is 10.8 Å². The fourth-order valence-corrected chi connectivity index (χ4v) is 5.66. The molecule has 1 heterocycles. The quantitative estimate of drug-likeness (QED) is 0.177. The van der Waals surface area contributed by atoms with Crippen molar-refractivity contribution in [3.8, 4) is 16.3 Å². The summed E-state index contributed by atoms with van der Waals surface area (Å²) >= 11 is 1.30. The molecule has 4 aromatic rings. The number of allylic oxidation sites excluding steroid dienone is 2. The minimum Gasteiger partial charge on any atom is -0.481 e. The molecule has 44 heavy (non-hydrogen) atoms. The Morgan fingerprint density at radius 2 is 1.64 bits per heavy atom. The molecule has 3 aromatic carbocycles. The summed E-state index contributed by atoms with van der Waals surface area (Å²) in [4.78, 5) is 25.1. The maximum atomic E-state index is 12.6. The minimum atomic E-state index is -4.77. The van der Waals surface area contributed by atoms with Crippen LogP contribution in [0.2, 0.25) is 0 Å². The van der Waals surface area contributed by atoms with Crippen LogP contribution in [-0.4, -0.2) is 40.1 Å². The highest BCUT2D eigenvalue weighted by Gasteiger charge is 2.31. The number of carbonyl (C=O) groups excluding carboxylic acids is 1. The Hall–Kier alpha value is -4.71. The minimum absolute atomic E-state index is 0.0358. The van der Waals surface area contributed by atoms with E-state index in [9.17, 15) is 22.8 Å². The second-order valence-electron chi connectivity index (χ2n) is 10.2. The average Bonchev–Trinajstić information content (AvgIpc) is 3.50. The van der Waals surface area contributed by atoms with Gasteiger partial charge in [-0.25, -0.2) is 0 Å². The van der Waals surface area contributed by atoms with E-state index in [1.165, 1.54) is 59.6 Å². The molecule has 12 heteroatoms. The molecular formula is C32H29F3N4O4S. The summed E-state index contributed by atoms with van der Waals surface area (Å²) in [6.07, 6.45) is 1.85. The standard InChI is InChI=1S/C32H29F3N4O4S/c33-32(34,35)43-27-16-12-25(13-17-27)30-37-38-31(44-30)39(26-14-10-23(11-15-26)22-4-2-1-3-5-22)20-21-6-8-24(9-7-21)29(42)36-19-18-28(40)41/h4,6-17H,1-3,5,18-20H2,(H,36,42)(H,40,41). The molecule has 0 saturated heterocycles. The van der Waals surface area contributed by atoms with Crippen LogP contribution in [0.15, 0.2) is 78.9 Å². The molecule has 228 valence electrons. The van der Waals surface area contributed by atoms with Crippen LogP contribution in [0, 0.1) is 0 Å². The topological polar surface area (TPSA) is 105 Å². The van der Waals surface area contributed by atoms with E-state index in [0.717, 1.165) is 24.1 Å². The number of carbonyl (C=O) groups is 2. The predicted molar refractivity (Wildman–Crippen MR) is 162 cm³/mol. The van der Waals surface area contributed by atoms with Gasteiger partial charge in [-0.05, 0) is 90.9 Å². The third kappa shape index (κ3) is 8.22. The molecule has 0 unspecified atom stereocenters. The first-order valence-electron chi connectivity index (χ1n) is 14.0. The molecule has 8 nitrogen and oxygen atoms in total. The SMILES string of the molecule is O=C(O)CCNC(=O)c1ccc(CN(c2ccc(C3=CCCCC3)cc2)c2nnc(-c3ccc(OC(F)(F)F)cc3)s2)cc1. The van der Waals surface area contributed by atoms with Gasteiger partial charge in [0, 0.05) is 23.4 Å². The zero-order valence-electron chi connectivity index (χ0n) is 23.5. The zero-order chi connectivity index (χ0) is 31.1. The van der Waals surface area contributed by atoms with Gasteiger partial charge in [0.2, 0.25) is 5.13 Å². The van der Waals surface area contributed by atoms with Crippen molar-refractivity contribution >= 4 is 39.6 Å². The lowest BCUT2D eigenvalue weighted by Crippen LogP contribution is -2.26. The Morgan fingerprint density at radius 3 is 2.27 bits per heavy atom. The van der Waals surface area contributed by atoms with Gasteiger partial charge >= 0.3 is 12.3 Å². The predicted octanol–water partition coefficient (Wildman–Crippen LogP) is 7.60. The van der Waals surface area contributed by atoms with Crippen LogP contribution < -0.4 is 15.0 Å². The van der Waals surface area contributed by atoms with Gasteiger partial charge in [-0.3, -0.25) is 9.59 Å². The van der Waals surface area contributed by atoms with Gasteiger partial charge in [-0.2, -0.15) is 0 Å². The summed E-state index contributed by atoms with van der Waals surface area (Å²) in [5.74, 6) is -1.67. The average molecular weight is 623 g/mol. The number of amides is 1. The molecule has 1 aliphatic rings. The second-order valence-corrected chi connectivity index (χ2v) is 11.1. The smallest absolute Gasteiger partial charge is 0.481 e. The first-order valence-corrected chi connectivity index (χ1v) is 14.8. The highest BCUT2D eigenvalue weighted by Crippen LogP contribution is 2.36. The third-order valence-electron chi connectivity index (χ3n) is 7.00. The summed E-state index contributed by atoms with van der Waals surface area (Å²) in [5, 5.41) is 21.2. The number of hydrogen-bond acceptors (Lipinski definition) is 7. The number of alkyl halides is 3. The summed E-state index contributed by atoms with van der Waals surface area (Å²) in [7, 11) is 0. The normalized spacial score (nSPS) is 13.2. The number of halogens is 3. The number of benzene rings is 3. The van der Waals surface area contributed by atoms with Gasteiger partial charge in [-0.1, -0.05) is 41.7 Å². The van der Waals surface area contributed by atoms with Crippen LogP contribution in [0.25, 0.3) is 16.1 Å². The Kier molecular flexibility index (Phi) is 9.59. The van der Waals surface area contributed by atoms with Gasteiger partial charge in [-0.15, -0.1) is 23.4 Å². The molecule has 1 aliphatic carbocycles. The van der Waals surface area contributed by atoms with Crippen molar-refractivity contribution in [1.82, 2.24) is 15.5 Å². The van der Waals surface area contributed by atoms with Crippen LogP contribution in [-0.2, 0) is 11.3 Å². The molecule has 0 fully saturated rings. The molecular weight excluding hydrogens is 593 g/mol. The molecule has 0 spiro atoms. The largest absolute Gasteiger partial charge is 0.573 e. The van der Waals surface area contributed by atoms with E-state index in [2.05, 4.69) is 38.5 Å². The lowest BCUT2D eigenvalue weighted by atomic mass is 9.93. The fourth-order valence-electron chi connectivity index (χ4n) is 4.79. The van der Waals surface area contributed by atoms with Crippen LogP contribution >= 0.6 is 11.3 Å². The van der Waals surface area contributed by atoms with E-state index < -0.39 is 12.3 Å². The number of aromatic nitrogens is 2. The van der Waals surface area contributed by atoms with E-state index in [0.29, 0.717) is 27.8 Å². The van der Waals surface area contributed by atoms with Crippen molar-refractivity contribution in [2.75, 3.05) is 11.4 Å². The van der Waals surface area contributed by atoms with Crippen molar-refractivity contribution in [3.63, 3.8) is 0 Å². The first kappa shape index (κ1) is 30.7. The van der Waals surface area contributed by atoms with E-state index >= 15 is 0 Å². The third-order valence-corrected chi connectivity index (χ3v) is 8.00. The number of hydrogen-bond donors (Lipinski definition) is 2. The van der Waals surface area contributed by atoms with Crippen molar-refractivity contribution < 1.29 is 32.6 Å². The maximum Gasteiger partial charge on any atom is 0.573 e. The molecule has 0 saturated carbocycles. The van der Waals surface area contributed by atoms with Gasteiger partial charge in [0.25, 0.3) is 5.91 Å². The first-order chi connectivity index (χ1) is 21.1. The molecule has 1 aromatic heterocycles. The highest BCUT2D eigenvalue weighted by atomic mass is 32.1. The molecule has 5 rings (SSSR count). The van der Waals surface area contributed by atoms with Crippen LogP contribution in [0.4, 0.5) is 24.0 Å². The van der Waals surface area contributed by atoms with E-state index in [-0.39, 0.29) is 24.6 Å². The van der Waals surface area contributed by atoms with Gasteiger partial charge in [0.05, 0.1) is 13.0 Å². The molecule has 0 atom stereocenters. The lowest BCUT2D eigenvalue weighted by molar-refractivity contribution is -0.274. The van der Waals surface area contributed by atoms with Crippen molar-refractivity contribution in [2.24, 2.45) is 0 Å². The van der Waals surface area contributed by atoms with Crippen molar-refractivity contribution in [2.45, 2.75) is 45.0 Å². The molecule has 2 N–H and O–H groups in total. The maximum absolute atomic E-state index is 12.6. The van der Waals surface area contributed by atoms with E-state index in [1.807, 2.05) is 29.2 Å². The number of aliphatic carboxylic acids is 1. The van der Waals surface area contributed by atoms with Gasteiger partial charge in [0.15, 0.2) is 0 Å². The Morgan fingerprint density at radius 1 is 0.932 bits per heavy atom. The van der Waals surface area contributed by atoms with Crippen LogP contribution in [0.1, 0.15) is 53.6 Å². The number of anilines is 2. The molecule has 1 amide bonds. The Bertz CT molecular complexity index is 1620. The zero-order valence-corrected chi connectivity index (χ0v) is 24.3. The van der Waals surface area contributed by atoms with Crippen molar-refractivity contribution in [3.05, 3.63) is 95.6 Å². The Labute approximate surface area is 255 Å². The summed E-state index contributed by atoms with van der Waals surface area (Å²) in [6.45, 7) is 0.435. The summed E-state index contributed by atoms with van der Waals surface area (Å²) in [5.41, 5.74) is 5.27. The van der Waals surface area contributed by atoms with Crippen LogP contribution in [0.3, 0.4) is 0 Å². The number of ether oxygens (including phenoxy) is 1. The molecule has 0 aliphatic heterocycles.